The number of carbonyl (C=O) groups is 2. The van der Waals surface area contributed by atoms with Gasteiger partial charge in [-0.3, -0.25) is 9.59 Å². The summed E-state index contributed by atoms with van der Waals surface area (Å²) in [4.78, 5) is 24.5. The molecule has 1 aliphatic carbocycles. The van der Waals surface area contributed by atoms with Gasteiger partial charge in [0.1, 0.15) is 5.82 Å². The molecule has 0 aliphatic heterocycles. The van der Waals surface area contributed by atoms with E-state index in [0.717, 1.165) is 12.8 Å². The van der Waals surface area contributed by atoms with Gasteiger partial charge in [0, 0.05) is 18.2 Å². The lowest BCUT2D eigenvalue weighted by molar-refractivity contribution is -0.137. The lowest BCUT2D eigenvalue weighted by atomic mass is 10.1. The van der Waals surface area contributed by atoms with E-state index < -0.39 is 5.97 Å². The molecule has 0 aromatic heterocycles. The van der Waals surface area contributed by atoms with Crippen molar-refractivity contribution in [2.75, 3.05) is 6.54 Å². The normalized spacial score (nSPS) is 14.2. The zero-order valence-electron chi connectivity index (χ0n) is 10.7. The van der Waals surface area contributed by atoms with E-state index in [4.69, 9.17) is 5.11 Å². The predicted molar refractivity (Wildman–Crippen MR) is 67.4 cm³/mol. The molecule has 0 atom stereocenters. The highest BCUT2D eigenvalue weighted by molar-refractivity contribution is 5.95. The zero-order chi connectivity index (χ0) is 14.0. The first-order chi connectivity index (χ1) is 8.99. The van der Waals surface area contributed by atoms with Crippen molar-refractivity contribution in [2.45, 2.75) is 32.2 Å². The van der Waals surface area contributed by atoms with E-state index in [2.05, 4.69) is 0 Å². The quantitative estimate of drug-likeness (QED) is 0.888. The summed E-state index contributed by atoms with van der Waals surface area (Å²) in [6, 6.07) is 4.36. The number of hydrogen-bond acceptors (Lipinski definition) is 2. The third kappa shape index (κ3) is 3.30. The highest BCUT2D eigenvalue weighted by atomic mass is 19.1. The molecular weight excluding hydrogens is 249 g/mol. The van der Waals surface area contributed by atoms with Gasteiger partial charge >= 0.3 is 5.97 Å². The van der Waals surface area contributed by atoms with Gasteiger partial charge in [0.15, 0.2) is 0 Å². The molecule has 0 spiro atoms. The van der Waals surface area contributed by atoms with Crippen molar-refractivity contribution in [1.29, 1.82) is 0 Å². The molecule has 1 fully saturated rings. The van der Waals surface area contributed by atoms with E-state index in [1.807, 2.05) is 0 Å². The molecule has 1 saturated carbocycles. The minimum absolute atomic E-state index is 0.0670. The Bertz CT molecular complexity index is 511. The number of hydrogen-bond donors (Lipinski definition) is 1. The van der Waals surface area contributed by atoms with Crippen molar-refractivity contribution >= 4 is 11.9 Å². The van der Waals surface area contributed by atoms with Crippen LogP contribution in [0.15, 0.2) is 18.2 Å². The summed E-state index contributed by atoms with van der Waals surface area (Å²) in [5.41, 5.74) is 0.830. The second kappa shape index (κ2) is 5.38. The van der Waals surface area contributed by atoms with Crippen LogP contribution in [0.5, 0.6) is 0 Å². The van der Waals surface area contributed by atoms with Crippen molar-refractivity contribution in [1.82, 2.24) is 4.90 Å². The van der Waals surface area contributed by atoms with Crippen LogP contribution < -0.4 is 0 Å². The fourth-order valence-electron chi connectivity index (χ4n) is 2.00. The second-order valence-corrected chi connectivity index (χ2v) is 4.84. The minimum Gasteiger partial charge on any atom is -0.481 e. The first kappa shape index (κ1) is 13.5. The summed E-state index contributed by atoms with van der Waals surface area (Å²) in [6.45, 7) is 1.81. The van der Waals surface area contributed by atoms with Crippen LogP contribution >= 0.6 is 0 Å². The average Bonchev–Trinajstić information content (AvgIpc) is 3.16. The number of carbonyl (C=O) groups excluding carboxylic acids is 1. The lowest BCUT2D eigenvalue weighted by Gasteiger charge is -2.21. The topological polar surface area (TPSA) is 57.6 Å². The van der Waals surface area contributed by atoms with Gasteiger partial charge in [0.25, 0.3) is 5.91 Å². The number of carboxylic acids is 1. The van der Waals surface area contributed by atoms with Gasteiger partial charge in [-0.1, -0.05) is 0 Å². The summed E-state index contributed by atoms with van der Waals surface area (Å²) >= 11 is 0. The maximum Gasteiger partial charge on any atom is 0.305 e. The number of amides is 1. The van der Waals surface area contributed by atoms with Crippen LogP contribution in [-0.2, 0) is 4.79 Å². The summed E-state index contributed by atoms with van der Waals surface area (Å²) in [7, 11) is 0. The third-order valence-corrected chi connectivity index (χ3v) is 3.22. The molecule has 0 saturated heterocycles. The van der Waals surface area contributed by atoms with Gasteiger partial charge in [0.2, 0.25) is 0 Å². The summed E-state index contributed by atoms with van der Waals surface area (Å²) in [6.07, 6.45) is 1.75. The molecule has 0 unspecified atom stereocenters. The monoisotopic (exact) mass is 265 g/mol. The zero-order valence-corrected chi connectivity index (χ0v) is 10.7. The van der Waals surface area contributed by atoms with E-state index >= 15 is 0 Å². The molecule has 0 radical (unpaired) electrons. The highest BCUT2D eigenvalue weighted by Gasteiger charge is 2.33. The van der Waals surface area contributed by atoms with Crippen LogP contribution in [0.4, 0.5) is 4.39 Å². The smallest absolute Gasteiger partial charge is 0.305 e. The Hall–Kier alpha value is -1.91. The molecule has 1 aliphatic rings. The van der Waals surface area contributed by atoms with Crippen molar-refractivity contribution in [3.8, 4) is 0 Å². The molecule has 1 aromatic rings. The molecule has 19 heavy (non-hydrogen) atoms. The molecule has 1 aromatic carbocycles. The number of aryl methyl sites for hydroxylation is 1. The summed E-state index contributed by atoms with van der Waals surface area (Å²) in [5, 5.41) is 8.71. The van der Waals surface area contributed by atoms with Gasteiger partial charge in [-0.15, -0.1) is 0 Å². The SMILES string of the molecule is Cc1cc(C(=O)N(CCC(=O)O)C2CC2)ccc1F. The Labute approximate surface area is 110 Å². The Kier molecular flexibility index (Phi) is 3.83. The maximum absolute atomic E-state index is 13.2. The number of aliphatic carboxylic acids is 1. The molecule has 102 valence electrons. The van der Waals surface area contributed by atoms with E-state index in [1.54, 1.807) is 11.8 Å². The maximum atomic E-state index is 13.2. The summed E-state index contributed by atoms with van der Waals surface area (Å²) in [5.74, 6) is -1.49. The van der Waals surface area contributed by atoms with Crippen molar-refractivity contribution in [3.05, 3.63) is 35.1 Å². The number of rotatable bonds is 5. The minimum atomic E-state index is -0.922. The fourth-order valence-corrected chi connectivity index (χ4v) is 2.00. The number of benzene rings is 1. The van der Waals surface area contributed by atoms with E-state index in [1.165, 1.54) is 18.2 Å². The Balaban J connectivity index is 2.14. The molecule has 1 N–H and O–H groups in total. The predicted octanol–water partition coefficient (Wildman–Crippen LogP) is 2.21. The fraction of sp³-hybridized carbons (Fsp3) is 0.429. The van der Waals surface area contributed by atoms with Crippen molar-refractivity contribution < 1.29 is 19.1 Å². The standard InChI is InChI=1S/C14H16FNO3/c1-9-8-10(2-5-12(9)15)14(19)16(11-3-4-11)7-6-13(17)18/h2,5,8,11H,3-4,6-7H2,1H3,(H,17,18). The summed E-state index contributed by atoms with van der Waals surface area (Å²) < 4.78 is 13.2. The molecule has 2 rings (SSSR count). The molecule has 5 heteroatoms. The van der Waals surface area contributed by atoms with Crippen LogP contribution in [0.3, 0.4) is 0 Å². The van der Waals surface area contributed by atoms with Crippen molar-refractivity contribution in [3.63, 3.8) is 0 Å². The van der Waals surface area contributed by atoms with E-state index in [-0.39, 0.29) is 30.7 Å². The molecular formula is C14H16FNO3. The third-order valence-electron chi connectivity index (χ3n) is 3.22. The Morgan fingerprint density at radius 2 is 2.11 bits per heavy atom. The molecule has 0 heterocycles. The van der Waals surface area contributed by atoms with Gasteiger partial charge in [-0.2, -0.15) is 0 Å². The van der Waals surface area contributed by atoms with Gasteiger partial charge in [0.05, 0.1) is 6.42 Å². The lowest BCUT2D eigenvalue weighted by Crippen LogP contribution is -2.35. The number of carboxylic acid groups (broad SMARTS) is 1. The molecule has 1 amide bonds. The molecule has 0 bridgehead atoms. The van der Waals surface area contributed by atoms with E-state index in [9.17, 15) is 14.0 Å². The largest absolute Gasteiger partial charge is 0.481 e. The van der Waals surface area contributed by atoms with Crippen LogP contribution in [0.2, 0.25) is 0 Å². The van der Waals surface area contributed by atoms with Crippen LogP contribution in [-0.4, -0.2) is 34.5 Å². The first-order valence-corrected chi connectivity index (χ1v) is 6.28. The Morgan fingerprint density at radius 3 is 2.63 bits per heavy atom. The average molecular weight is 265 g/mol. The van der Waals surface area contributed by atoms with Gasteiger partial charge < -0.3 is 10.0 Å². The number of halogens is 1. The Morgan fingerprint density at radius 1 is 1.42 bits per heavy atom. The molecule has 4 nitrogen and oxygen atoms in total. The first-order valence-electron chi connectivity index (χ1n) is 6.28. The van der Waals surface area contributed by atoms with Crippen LogP contribution in [0.25, 0.3) is 0 Å². The van der Waals surface area contributed by atoms with Gasteiger partial charge in [-0.05, 0) is 43.5 Å². The van der Waals surface area contributed by atoms with Crippen LogP contribution in [0.1, 0.15) is 35.2 Å². The van der Waals surface area contributed by atoms with Crippen molar-refractivity contribution in [2.24, 2.45) is 0 Å². The van der Waals surface area contributed by atoms with Crippen LogP contribution in [0, 0.1) is 12.7 Å². The van der Waals surface area contributed by atoms with Gasteiger partial charge in [-0.25, -0.2) is 4.39 Å². The van der Waals surface area contributed by atoms with E-state index in [0.29, 0.717) is 11.1 Å². The number of nitrogens with zero attached hydrogens (tertiary/aromatic N) is 1. The highest BCUT2D eigenvalue weighted by Crippen LogP contribution is 2.28. The second-order valence-electron chi connectivity index (χ2n) is 4.84.